The van der Waals surface area contributed by atoms with E-state index in [2.05, 4.69) is 5.32 Å². The van der Waals surface area contributed by atoms with Gasteiger partial charge in [0.25, 0.3) is 17.2 Å². The maximum Gasteiger partial charge on any atom is 0.270 e. The second kappa shape index (κ2) is 8.43. The van der Waals surface area contributed by atoms with Crippen molar-refractivity contribution in [1.29, 1.82) is 0 Å². The van der Waals surface area contributed by atoms with Crippen molar-refractivity contribution >= 4 is 46.4 Å². The van der Waals surface area contributed by atoms with Crippen molar-refractivity contribution in [2.75, 3.05) is 13.1 Å². The molecule has 1 N–H and O–H groups in total. The van der Waals surface area contributed by atoms with Gasteiger partial charge in [-0.05, 0) is 24.5 Å². The Kier molecular flexibility index (Phi) is 6.00. The normalized spacial score (nSPS) is 21.8. The smallest absolute Gasteiger partial charge is 0.270 e. The van der Waals surface area contributed by atoms with Gasteiger partial charge in [0.1, 0.15) is 6.17 Å². The molecular formula is C20H19Cl3N4O4. The van der Waals surface area contributed by atoms with E-state index in [9.17, 15) is 19.7 Å². The number of carbonyl (C=O) groups excluding carboxylic acids is 1. The van der Waals surface area contributed by atoms with Crippen LogP contribution in [0.25, 0.3) is 0 Å². The van der Waals surface area contributed by atoms with Gasteiger partial charge in [-0.3, -0.25) is 24.6 Å². The molecule has 1 aromatic heterocycles. The molecule has 4 rings (SSSR count). The van der Waals surface area contributed by atoms with E-state index < -0.39 is 20.8 Å². The molecule has 2 aromatic rings. The third-order valence-corrected chi connectivity index (χ3v) is 6.39. The molecule has 3 atom stereocenters. The van der Waals surface area contributed by atoms with Crippen LogP contribution < -0.4 is 10.9 Å². The van der Waals surface area contributed by atoms with Gasteiger partial charge >= 0.3 is 0 Å². The van der Waals surface area contributed by atoms with Gasteiger partial charge in [-0.25, -0.2) is 0 Å². The van der Waals surface area contributed by atoms with Gasteiger partial charge in [0, 0.05) is 55.0 Å². The number of likely N-dealkylation sites (tertiary alicyclic amines) is 1. The second-order valence-electron chi connectivity index (χ2n) is 7.88. The first-order chi connectivity index (χ1) is 14.6. The summed E-state index contributed by atoms with van der Waals surface area (Å²) in [6.45, 7) is 1.59. The van der Waals surface area contributed by atoms with E-state index in [0.29, 0.717) is 19.6 Å². The van der Waals surface area contributed by atoms with E-state index in [4.69, 9.17) is 34.8 Å². The largest absolute Gasteiger partial charge is 0.332 e. The number of carbonyl (C=O) groups is 1. The summed E-state index contributed by atoms with van der Waals surface area (Å²) in [6.07, 6.45) is -0.0396. The molecule has 1 fully saturated rings. The first-order valence-electron chi connectivity index (χ1n) is 9.69. The van der Waals surface area contributed by atoms with Gasteiger partial charge < -0.3 is 9.88 Å². The summed E-state index contributed by atoms with van der Waals surface area (Å²) in [5.41, 5.74) is 0.800. The number of aromatic nitrogens is 1. The number of hydrogen-bond acceptors (Lipinski definition) is 5. The van der Waals surface area contributed by atoms with Gasteiger partial charge in [-0.15, -0.1) is 0 Å². The van der Waals surface area contributed by atoms with E-state index >= 15 is 0 Å². The Morgan fingerprint density at radius 1 is 1.16 bits per heavy atom. The Morgan fingerprint density at radius 3 is 2.61 bits per heavy atom. The number of fused-ring (bicyclic) bond motifs is 4. The molecule has 2 aliphatic rings. The van der Waals surface area contributed by atoms with Crippen LogP contribution in [0.3, 0.4) is 0 Å². The number of pyridine rings is 1. The van der Waals surface area contributed by atoms with Crippen LogP contribution in [-0.4, -0.2) is 43.3 Å². The lowest BCUT2D eigenvalue weighted by molar-refractivity contribution is -0.384. The van der Waals surface area contributed by atoms with Gasteiger partial charge in [0.2, 0.25) is 3.79 Å². The number of non-ortho nitro benzene ring substituents is 1. The highest BCUT2D eigenvalue weighted by molar-refractivity contribution is 6.68. The summed E-state index contributed by atoms with van der Waals surface area (Å²) >= 11 is 18.7. The zero-order chi connectivity index (χ0) is 22.3. The third-order valence-electron chi connectivity index (χ3n) is 5.77. The van der Waals surface area contributed by atoms with Crippen molar-refractivity contribution in [2.45, 2.75) is 28.8 Å². The molecule has 8 nitrogen and oxygen atoms in total. The van der Waals surface area contributed by atoms with Crippen molar-refractivity contribution < 1.29 is 9.72 Å². The Labute approximate surface area is 192 Å². The highest BCUT2D eigenvalue weighted by Gasteiger charge is 2.44. The molecule has 1 amide bonds. The minimum Gasteiger partial charge on any atom is -0.332 e. The minimum absolute atomic E-state index is 0.0300. The maximum atomic E-state index is 12.8. The number of piperidine rings is 1. The molecule has 31 heavy (non-hydrogen) atoms. The molecule has 11 heteroatoms. The predicted molar refractivity (Wildman–Crippen MR) is 118 cm³/mol. The van der Waals surface area contributed by atoms with Crippen molar-refractivity contribution in [3.05, 3.63) is 74.2 Å². The van der Waals surface area contributed by atoms with Gasteiger partial charge in [0.15, 0.2) is 0 Å². The average molecular weight is 486 g/mol. The third kappa shape index (κ3) is 4.57. The number of nitrogens with zero attached hydrogens (tertiary/aromatic N) is 3. The predicted octanol–water partition coefficient (Wildman–Crippen LogP) is 3.30. The molecule has 1 aromatic carbocycles. The number of nitro groups is 1. The van der Waals surface area contributed by atoms with Crippen LogP contribution in [0.5, 0.6) is 0 Å². The van der Waals surface area contributed by atoms with Crippen LogP contribution in [0.15, 0.2) is 47.3 Å². The highest BCUT2D eigenvalue weighted by atomic mass is 35.6. The molecule has 1 saturated heterocycles. The molecule has 0 saturated carbocycles. The van der Waals surface area contributed by atoms with Gasteiger partial charge in [0.05, 0.1) is 4.92 Å². The number of rotatable bonds is 4. The number of halogens is 3. The molecular weight excluding hydrogens is 467 g/mol. The average Bonchev–Trinajstić information content (AvgIpc) is 2.71. The number of nitro benzene ring substituents is 1. The molecule has 0 spiro atoms. The summed E-state index contributed by atoms with van der Waals surface area (Å²) in [5, 5.41) is 13.8. The fourth-order valence-corrected chi connectivity index (χ4v) is 5.07. The summed E-state index contributed by atoms with van der Waals surface area (Å²) < 4.78 is -0.0411. The molecule has 3 heterocycles. The Morgan fingerprint density at radius 2 is 1.90 bits per heavy atom. The van der Waals surface area contributed by atoms with E-state index in [0.717, 1.165) is 12.1 Å². The first-order valence-corrected chi connectivity index (χ1v) is 10.8. The Bertz CT molecular complexity index is 1080. The quantitative estimate of drug-likeness (QED) is 0.407. The fourth-order valence-electron chi connectivity index (χ4n) is 4.49. The van der Waals surface area contributed by atoms with E-state index in [1.54, 1.807) is 16.7 Å². The number of benzene rings is 1. The molecule has 164 valence electrons. The highest BCUT2D eigenvalue weighted by Crippen LogP contribution is 2.40. The van der Waals surface area contributed by atoms with E-state index in [1.165, 1.54) is 24.3 Å². The Hall–Kier alpha value is -2.13. The molecule has 2 aliphatic heterocycles. The lowest BCUT2D eigenvalue weighted by atomic mass is 9.83. The number of amides is 1. The van der Waals surface area contributed by atoms with Crippen LogP contribution in [0.4, 0.5) is 5.69 Å². The molecule has 2 bridgehead atoms. The summed E-state index contributed by atoms with van der Waals surface area (Å²) in [7, 11) is 0. The fraction of sp³-hybridized carbons (Fsp3) is 0.400. The molecule has 0 radical (unpaired) electrons. The zero-order valence-corrected chi connectivity index (χ0v) is 18.5. The van der Waals surface area contributed by atoms with Crippen molar-refractivity contribution in [3.8, 4) is 0 Å². The molecule has 0 aliphatic carbocycles. The summed E-state index contributed by atoms with van der Waals surface area (Å²) in [5.74, 6) is -0.353. The lowest BCUT2D eigenvalue weighted by Crippen LogP contribution is -2.60. The lowest BCUT2D eigenvalue weighted by Gasteiger charge is -2.47. The zero-order valence-electron chi connectivity index (χ0n) is 16.2. The number of nitrogens with one attached hydrogen (secondary N) is 1. The summed E-state index contributed by atoms with van der Waals surface area (Å²) in [6, 6.07) is 10.6. The van der Waals surface area contributed by atoms with Crippen LogP contribution >= 0.6 is 34.8 Å². The van der Waals surface area contributed by atoms with Crippen LogP contribution in [0.1, 0.15) is 28.4 Å². The first kappa shape index (κ1) is 22.1. The van der Waals surface area contributed by atoms with E-state index in [-0.39, 0.29) is 28.6 Å². The SMILES string of the molecule is O=C(N[C@H](N1C[C@H]2C[C@@H](C1)c1cccc(=O)n1C2)C(Cl)(Cl)Cl)c1cccc([N+](=O)[O-])c1. The van der Waals surface area contributed by atoms with Crippen LogP contribution in [0.2, 0.25) is 0 Å². The van der Waals surface area contributed by atoms with Gasteiger partial charge in [-0.1, -0.05) is 46.9 Å². The standard InChI is InChI=1S/C20H19Cl3N4O4/c21-20(22,23)19(24-18(29)13-3-1-4-15(8-13)27(30)31)25-9-12-7-14(11-25)16-5-2-6-17(28)26(16)10-12/h1-6,8,12,14,19H,7,9-11H2,(H,24,29)/t12-,14+,19-/m1/s1. The van der Waals surface area contributed by atoms with Crippen LogP contribution in [0, 0.1) is 16.0 Å². The van der Waals surface area contributed by atoms with E-state index in [1.807, 2.05) is 11.0 Å². The summed E-state index contributed by atoms with van der Waals surface area (Å²) in [4.78, 5) is 37.4. The topological polar surface area (TPSA) is 97.5 Å². The Balaban J connectivity index is 1.58. The van der Waals surface area contributed by atoms with Crippen molar-refractivity contribution in [1.82, 2.24) is 14.8 Å². The maximum absolute atomic E-state index is 12.8. The van der Waals surface area contributed by atoms with Crippen LogP contribution in [-0.2, 0) is 6.54 Å². The number of hydrogen-bond donors (Lipinski definition) is 1. The van der Waals surface area contributed by atoms with Gasteiger partial charge in [-0.2, -0.15) is 0 Å². The number of alkyl halides is 3. The minimum atomic E-state index is -1.83. The van der Waals surface area contributed by atoms with Crippen molar-refractivity contribution in [2.24, 2.45) is 5.92 Å². The monoisotopic (exact) mass is 484 g/mol. The molecule has 0 unspecified atom stereocenters. The van der Waals surface area contributed by atoms with Crippen molar-refractivity contribution in [3.63, 3.8) is 0 Å². The second-order valence-corrected chi connectivity index (χ2v) is 10.2.